The van der Waals surface area contributed by atoms with Crippen LogP contribution >= 0.6 is 0 Å². The molecule has 7 heteroatoms. The van der Waals surface area contributed by atoms with E-state index in [1.54, 1.807) is 4.68 Å². The summed E-state index contributed by atoms with van der Waals surface area (Å²) in [5.41, 5.74) is 4.38. The molecule has 0 aliphatic carbocycles. The Bertz CT molecular complexity index is 1240. The molecule has 0 spiro atoms. The number of tetrazole rings is 1. The molecule has 2 aromatic heterocycles. The third-order valence-corrected chi connectivity index (χ3v) is 4.90. The maximum atomic E-state index is 4.22. The third-order valence-electron chi connectivity index (χ3n) is 4.90. The lowest BCUT2D eigenvalue weighted by atomic mass is 10.1. The summed E-state index contributed by atoms with van der Waals surface area (Å²) in [6.07, 6.45) is 3.72. The SMILES string of the molecule is c1cc(CNCc2nnnn2-c2cccc3ccccc23)cc(-c2cn[nH]c2)c1. The van der Waals surface area contributed by atoms with Crippen molar-refractivity contribution in [2.24, 2.45) is 0 Å². The second kappa shape index (κ2) is 7.65. The Hall–Kier alpha value is -3.84. The molecule has 0 fully saturated rings. The van der Waals surface area contributed by atoms with Crippen molar-refractivity contribution in [2.75, 3.05) is 0 Å². The van der Waals surface area contributed by atoms with E-state index in [9.17, 15) is 0 Å². The topological polar surface area (TPSA) is 84.3 Å². The molecule has 5 rings (SSSR count). The zero-order valence-corrected chi connectivity index (χ0v) is 15.7. The highest BCUT2D eigenvalue weighted by atomic mass is 15.5. The van der Waals surface area contributed by atoms with E-state index < -0.39 is 0 Å². The Morgan fingerprint density at radius 3 is 2.72 bits per heavy atom. The van der Waals surface area contributed by atoms with Crippen LogP contribution in [-0.4, -0.2) is 30.4 Å². The molecule has 0 unspecified atom stereocenters. The maximum absolute atomic E-state index is 4.22. The van der Waals surface area contributed by atoms with Crippen LogP contribution in [0.5, 0.6) is 0 Å². The molecule has 7 nitrogen and oxygen atoms in total. The van der Waals surface area contributed by atoms with Crippen molar-refractivity contribution < 1.29 is 0 Å². The summed E-state index contributed by atoms with van der Waals surface area (Å²) >= 11 is 0. The molecule has 0 amide bonds. The van der Waals surface area contributed by atoms with E-state index in [4.69, 9.17) is 0 Å². The van der Waals surface area contributed by atoms with Crippen LogP contribution in [0.1, 0.15) is 11.4 Å². The number of aromatic amines is 1. The van der Waals surface area contributed by atoms with Crippen LogP contribution in [0.3, 0.4) is 0 Å². The number of fused-ring (bicyclic) bond motifs is 1. The first-order valence-electron chi connectivity index (χ1n) is 9.43. The Morgan fingerprint density at radius 2 is 1.79 bits per heavy atom. The van der Waals surface area contributed by atoms with Gasteiger partial charge in [0.2, 0.25) is 0 Å². The molecule has 5 aromatic rings. The van der Waals surface area contributed by atoms with Gasteiger partial charge in [-0.05, 0) is 39.1 Å². The van der Waals surface area contributed by atoms with Crippen molar-refractivity contribution in [3.63, 3.8) is 0 Å². The van der Waals surface area contributed by atoms with Gasteiger partial charge in [-0.25, -0.2) is 0 Å². The van der Waals surface area contributed by atoms with Crippen LogP contribution in [0.25, 0.3) is 27.6 Å². The van der Waals surface area contributed by atoms with Gasteiger partial charge in [-0.1, -0.05) is 54.6 Å². The molecular formula is C22H19N7. The van der Waals surface area contributed by atoms with E-state index in [-0.39, 0.29) is 0 Å². The van der Waals surface area contributed by atoms with Gasteiger partial charge in [0, 0.05) is 23.7 Å². The molecular weight excluding hydrogens is 362 g/mol. The highest BCUT2D eigenvalue weighted by molar-refractivity contribution is 5.90. The van der Waals surface area contributed by atoms with E-state index in [0.29, 0.717) is 13.1 Å². The van der Waals surface area contributed by atoms with Crippen LogP contribution in [0.2, 0.25) is 0 Å². The Kier molecular flexibility index (Phi) is 4.56. The van der Waals surface area contributed by atoms with Crippen LogP contribution in [0, 0.1) is 0 Å². The van der Waals surface area contributed by atoms with Crippen molar-refractivity contribution in [1.82, 2.24) is 35.7 Å². The van der Waals surface area contributed by atoms with E-state index in [0.717, 1.165) is 33.4 Å². The van der Waals surface area contributed by atoms with Crippen LogP contribution < -0.4 is 5.32 Å². The van der Waals surface area contributed by atoms with Gasteiger partial charge in [0.1, 0.15) is 0 Å². The number of hydrogen-bond donors (Lipinski definition) is 2. The molecule has 0 atom stereocenters. The molecule has 0 bridgehead atoms. The summed E-state index contributed by atoms with van der Waals surface area (Å²) < 4.78 is 1.80. The summed E-state index contributed by atoms with van der Waals surface area (Å²) in [5, 5.41) is 24.9. The summed E-state index contributed by atoms with van der Waals surface area (Å²) in [6, 6.07) is 22.8. The number of aromatic nitrogens is 6. The lowest BCUT2D eigenvalue weighted by Gasteiger charge is -2.09. The first-order chi connectivity index (χ1) is 14.4. The fourth-order valence-corrected chi connectivity index (χ4v) is 3.48. The fourth-order valence-electron chi connectivity index (χ4n) is 3.48. The van der Waals surface area contributed by atoms with Crippen LogP contribution in [-0.2, 0) is 13.1 Å². The predicted octanol–water partition coefficient (Wildman–Crippen LogP) is 3.50. The van der Waals surface area contributed by atoms with Crippen molar-refractivity contribution in [2.45, 2.75) is 13.1 Å². The van der Waals surface area contributed by atoms with E-state index >= 15 is 0 Å². The summed E-state index contributed by atoms with van der Waals surface area (Å²) in [6.45, 7) is 1.28. The minimum absolute atomic E-state index is 0.562. The second-order valence-corrected chi connectivity index (χ2v) is 6.80. The Morgan fingerprint density at radius 1 is 0.897 bits per heavy atom. The van der Waals surface area contributed by atoms with Crippen molar-refractivity contribution in [3.8, 4) is 16.8 Å². The van der Waals surface area contributed by atoms with Gasteiger partial charge >= 0.3 is 0 Å². The number of H-pyrrole nitrogens is 1. The van der Waals surface area contributed by atoms with E-state index in [1.807, 2.05) is 36.7 Å². The highest BCUT2D eigenvalue weighted by Gasteiger charge is 2.11. The fraction of sp³-hybridized carbons (Fsp3) is 0.0909. The van der Waals surface area contributed by atoms with Gasteiger partial charge < -0.3 is 5.32 Å². The first kappa shape index (κ1) is 17.3. The molecule has 0 saturated heterocycles. The zero-order chi connectivity index (χ0) is 19.5. The van der Waals surface area contributed by atoms with Gasteiger partial charge in [-0.3, -0.25) is 5.10 Å². The molecule has 2 N–H and O–H groups in total. The molecule has 0 aliphatic rings. The number of nitrogens with zero attached hydrogens (tertiary/aromatic N) is 5. The number of nitrogens with one attached hydrogen (secondary N) is 2. The maximum Gasteiger partial charge on any atom is 0.170 e. The molecule has 0 radical (unpaired) electrons. The highest BCUT2D eigenvalue weighted by Crippen LogP contribution is 2.22. The van der Waals surface area contributed by atoms with Gasteiger partial charge in [0.15, 0.2) is 5.82 Å². The van der Waals surface area contributed by atoms with Crippen LogP contribution in [0.15, 0.2) is 79.1 Å². The average Bonchev–Trinajstić information content (AvgIpc) is 3.46. The minimum Gasteiger partial charge on any atom is -0.306 e. The van der Waals surface area contributed by atoms with Crippen LogP contribution in [0.4, 0.5) is 0 Å². The smallest absolute Gasteiger partial charge is 0.170 e. The zero-order valence-electron chi connectivity index (χ0n) is 15.7. The molecule has 2 heterocycles. The van der Waals surface area contributed by atoms with Gasteiger partial charge in [0.05, 0.1) is 18.4 Å². The molecule has 0 saturated carbocycles. The standard InChI is InChI=1S/C22H19N7/c1-2-9-20-17(6-1)7-4-10-21(20)29-22(26-27-28-29)15-23-12-16-5-3-8-18(11-16)19-13-24-25-14-19/h1-11,13-14,23H,12,15H2,(H,24,25). The molecule has 0 aliphatic heterocycles. The number of hydrogen-bond acceptors (Lipinski definition) is 5. The molecule has 142 valence electrons. The monoisotopic (exact) mass is 381 g/mol. The second-order valence-electron chi connectivity index (χ2n) is 6.80. The van der Waals surface area contributed by atoms with Crippen molar-refractivity contribution >= 4 is 10.8 Å². The predicted molar refractivity (Wildman–Crippen MR) is 111 cm³/mol. The Labute approximate surface area is 167 Å². The van der Waals surface area contributed by atoms with Gasteiger partial charge in [0.25, 0.3) is 0 Å². The lowest BCUT2D eigenvalue weighted by Crippen LogP contribution is -2.17. The van der Waals surface area contributed by atoms with Crippen molar-refractivity contribution in [1.29, 1.82) is 0 Å². The lowest BCUT2D eigenvalue weighted by molar-refractivity contribution is 0.642. The van der Waals surface area contributed by atoms with Gasteiger partial charge in [-0.2, -0.15) is 9.78 Å². The summed E-state index contributed by atoms with van der Waals surface area (Å²) in [7, 11) is 0. The third kappa shape index (κ3) is 3.51. The molecule has 3 aromatic carbocycles. The largest absolute Gasteiger partial charge is 0.306 e. The van der Waals surface area contributed by atoms with E-state index in [2.05, 4.69) is 73.5 Å². The quantitative estimate of drug-likeness (QED) is 0.470. The number of rotatable bonds is 6. The molecule has 29 heavy (non-hydrogen) atoms. The summed E-state index contributed by atoms with van der Waals surface area (Å²) in [4.78, 5) is 0. The number of benzene rings is 3. The van der Waals surface area contributed by atoms with E-state index in [1.165, 1.54) is 5.56 Å². The van der Waals surface area contributed by atoms with Gasteiger partial charge in [-0.15, -0.1) is 5.10 Å². The average molecular weight is 381 g/mol. The van der Waals surface area contributed by atoms with Crippen molar-refractivity contribution in [3.05, 3.63) is 90.5 Å². The summed E-state index contributed by atoms with van der Waals surface area (Å²) in [5.74, 6) is 0.771. The normalized spacial score (nSPS) is 11.2. The minimum atomic E-state index is 0.562. The first-order valence-corrected chi connectivity index (χ1v) is 9.43. The Balaban J connectivity index is 1.33.